The Balaban J connectivity index is 1.36. The third-order valence-electron chi connectivity index (χ3n) is 5.84. The number of benzene rings is 3. The third-order valence-corrected chi connectivity index (χ3v) is 6.98. The number of ether oxygens (including phenoxy) is 3. The lowest BCUT2D eigenvalue weighted by Gasteiger charge is -2.32. The minimum absolute atomic E-state index is 0.141. The first-order valence-electron chi connectivity index (χ1n) is 11.6. The second-order valence-corrected chi connectivity index (χ2v) is 10.2. The summed E-state index contributed by atoms with van der Waals surface area (Å²) >= 11 is 24.2. The number of nitrogens with zero attached hydrogens (tertiary/aromatic N) is 1. The summed E-state index contributed by atoms with van der Waals surface area (Å²) in [7, 11) is 1.54. The molecule has 1 aliphatic heterocycles. The maximum Gasteiger partial charge on any atom is 0.252 e. The Morgan fingerprint density at radius 3 is 2.45 bits per heavy atom. The first kappa shape index (κ1) is 28.3. The normalized spacial score (nSPS) is 15.3. The van der Waals surface area contributed by atoms with Gasteiger partial charge in [-0.15, -0.1) is 0 Å². The quantitative estimate of drug-likeness (QED) is 0.299. The van der Waals surface area contributed by atoms with Gasteiger partial charge in [0.15, 0.2) is 11.5 Å². The lowest BCUT2D eigenvalue weighted by atomic mass is 10.1. The van der Waals surface area contributed by atoms with Crippen molar-refractivity contribution >= 4 is 63.9 Å². The predicted molar refractivity (Wildman–Crippen MR) is 149 cm³/mol. The van der Waals surface area contributed by atoms with Crippen LogP contribution >= 0.6 is 46.4 Å². The van der Waals surface area contributed by atoms with Crippen molar-refractivity contribution in [2.24, 2.45) is 0 Å². The van der Waals surface area contributed by atoms with Crippen LogP contribution in [0.25, 0.3) is 0 Å². The van der Waals surface area contributed by atoms with Crippen molar-refractivity contribution in [1.82, 2.24) is 4.90 Å². The average Bonchev–Trinajstić information content (AvgIpc) is 2.88. The molecule has 1 fully saturated rings. The van der Waals surface area contributed by atoms with E-state index >= 15 is 0 Å². The first-order chi connectivity index (χ1) is 18.2. The second kappa shape index (κ2) is 12.9. The summed E-state index contributed by atoms with van der Waals surface area (Å²) < 4.78 is 17.0. The van der Waals surface area contributed by atoms with E-state index in [1.54, 1.807) is 48.4 Å². The molecule has 1 saturated heterocycles. The highest BCUT2D eigenvalue weighted by molar-refractivity contribution is 6.36. The molecule has 0 radical (unpaired) electrons. The lowest BCUT2D eigenvalue weighted by molar-refractivity contribution is -0.155. The molecule has 4 rings (SSSR count). The van der Waals surface area contributed by atoms with Crippen molar-refractivity contribution in [2.75, 3.05) is 25.6 Å². The van der Waals surface area contributed by atoms with Crippen molar-refractivity contribution in [1.29, 1.82) is 0 Å². The van der Waals surface area contributed by atoms with Crippen molar-refractivity contribution < 1.29 is 23.8 Å². The fraction of sp³-hybridized carbons (Fsp3) is 0.259. The number of carbonyl (C=O) groups excluding carboxylic acids is 2. The summed E-state index contributed by atoms with van der Waals surface area (Å²) in [6, 6.07) is 15.4. The second-order valence-electron chi connectivity index (χ2n) is 8.51. The van der Waals surface area contributed by atoms with Gasteiger partial charge in [-0.05, 0) is 48.0 Å². The molecule has 0 spiro atoms. The van der Waals surface area contributed by atoms with Gasteiger partial charge in [0, 0.05) is 33.7 Å². The molecule has 2 amide bonds. The van der Waals surface area contributed by atoms with Gasteiger partial charge in [-0.2, -0.15) is 0 Å². The van der Waals surface area contributed by atoms with E-state index in [2.05, 4.69) is 5.32 Å². The smallest absolute Gasteiger partial charge is 0.252 e. The average molecular weight is 598 g/mol. The van der Waals surface area contributed by atoms with Gasteiger partial charge >= 0.3 is 0 Å². The lowest BCUT2D eigenvalue weighted by Crippen LogP contribution is -2.48. The monoisotopic (exact) mass is 596 g/mol. The fourth-order valence-electron chi connectivity index (χ4n) is 3.90. The fourth-order valence-corrected chi connectivity index (χ4v) is 4.82. The van der Waals surface area contributed by atoms with E-state index in [0.29, 0.717) is 57.0 Å². The van der Waals surface area contributed by atoms with E-state index in [1.807, 2.05) is 12.1 Å². The number of rotatable bonds is 9. The first-order valence-corrected chi connectivity index (χ1v) is 13.1. The van der Waals surface area contributed by atoms with Crippen LogP contribution in [-0.2, 0) is 27.5 Å². The van der Waals surface area contributed by atoms with Gasteiger partial charge in [0.25, 0.3) is 5.91 Å². The Labute approximate surface area is 240 Å². The molecule has 1 N–H and O–H groups in total. The third kappa shape index (κ3) is 7.24. The van der Waals surface area contributed by atoms with E-state index in [0.717, 1.165) is 11.1 Å². The van der Waals surface area contributed by atoms with Crippen LogP contribution in [0.2, 0.25) is 20.1 Å². The van der Waals surface area contributed by atoms with Crippen LogP contribution < -0.4 is 14.8 Å². The standard InChI is InChI=1S/C27H24Cl4N2O5/c1-36-24-10-16(2-7-23(24)38-15-17-3-4-18(28)11-20(17)30)14-33-8-9-37-25(27(33)35)13-26(34)32-22-6-5-19(29)12-21(22)31/h2-7,10-12,25H,8-9,13-15H2,1H3,(H,32,34)/t25-/m0/s1. The number of nitrogens with one attached hydrogen (secondary N) is 1. The van der Waals surface area contributed by atoms with Crippen molar-refractivity contribution in [3.63, 3.8) is 0 Å². The summed E-state index contributed by atoms with van der Waals surface area (Å²) in [4.78, 5) is 27.3. The van der Waals surface area contributed by atoms with Gasteiger partial charge in [-0.3, -0.25) is 9.59 Å². The van der Waals surface area contributed by atoms with Crippen molar-refractivity contribution in [3.8, 4) is 11.5 Å². The SMILES string of the molecule is COc1cc(CN2CCO[C@@H](CC(=O)Nc3ccc(Cl)cc3Cl)C2=O)ccc1OCc1ccc(Cl)cc1Cl. The zero-order chi connectivity index (χ0) is 27.2. The number of anilines is 1. The molecule has 0 saturated carbocycles. The summed E-state index contributed by atoms with van der Waals surface area (Å²) in [6.45, 7) is 1.27. The van der Waals surface area contributed by atoms with E-state index in [9.17, 15) is 9.59 Å². The summed E-state index contributed by atoms with van der Waals surface area (Å²) in [6.07, 6.45) is -1.04. The molecule has 0 aromatic heterocycles. The Hall–Kier alpha value is -2.68. The molecule has 11 heteroatoms. The minimum Gasteiger partial charge on any atom is -0.493 e. The van der Waals surface area contributed by atoms with Crippen LogP contribution in [0.3, 0.4) is 0 Å². The Morgan fingerprint density at radius 1 is 1.00 bits per heavy atom. The molecule has 0 bridgehead atoms. The number of hydrogen-bond acceptors (Lipinski definition) is 5. The molecule has 1 heterocycles. The number of carbonyl (C=O) groups is 2. The molecule has 38 heavy (non-hydrogen) atoms. The summed E-state index contributed by atoms with van der Waals surface area (Å²) in [5, 5.41) is 4.52. The zero-order valence-electron chi connectivity index (χ0n) is 20.3. The predicted octanol–water partition coefficient (Wildman–Crippen LogP) is 6.64. The van der Waals surface area contributed by atoms with Crippen molar-refractivity contribution in [3.05, 3.63) is 85.8 Å². The van der Waals surface area contributed by atoms with Crippen molar-refractivity contribution in [2.45, 2.75) is 25.7 Å². The van der Waals surface area contributed by atoms with Gasteiger partial charge in [0.2, 0.25) is 5.91 Å². The van der Waals surface area contributed by atoms with Gasteiger partial charge < -0.3 is 24.4 Å². The Kier molecular flexibility index (Phi) is 9.63. The topological polar surface area (TPSA) is 77.1 Å². The molecular formula is C27H24Cl4N2O5. The highest BCUT2D eigenvalue weighted by Crippen LogP contribution is 2.31. The van der Waals surface area contributed by atoms with E-state index in [1.165, 1.54) is 6.07 Å². The van der Waals surface area contributed by atoms with Crippen LogP contribution in [0.15, 0.2) is 54.6 Å². The molecule has 1 aliphatic rings. The van der Waals surface area contributed by atoms with E-state index in [4.69, 9.17) is 60.6 Å². The maximum atomic E-state index is 13.1. The summed E-state index contributed by atoms with van der Waals surface area (Å²) in [5.41, 5.74) is 2.04. The van der Waals surface area contributed by atoms with Gasteiger partial charge in [0.1, 0.15) is 12.7 Å². The Bertz CT molecular complexity index is 1340. The molecule has 0 unspecified atom stereocenters. The van der Waals surface area contributed by atoms with Crippen LogP contribution in [0, 0.1) is 0 Å². The van der Waals surface area contributed by atoms with Gasteiger partial charge in [-0.1, -0.05) is 58.5 Å². The van der Waals surface area contributed by atoms with E-state index < -0.39 is 12.0 Å². The van der Waals surface area contributed by atoms with Crippen LogP contribution in [-0.4, -0.2) is 43.1 Å². The largest absolute Gasteiger partial charge is 0.493 e. The highest BCUT2D eigenvalue weighted by Gasteiger charge is 2.31. The summed E-state index contributed by atoms with van der Waals surface area (Å²) in [5.74, 6) is 0.388. The highest BCUT2D eigenvalue weighted by atomic mass is 35.5. The van der Waals surface area contributed by atoms with E-state index in [-0.39, 0.29) is 18.9 Å². The molecule has 3 aromatic carbocycles. The number of halogens is 4. The number of amides is 2. The van der Waals surface area contributed by atoms with Gasteiger partial charge in [-0.25, -0.2) is 0 Å². The molecule has 1 atom stereocenters. The molecule has 3 aromatic rings. The van der Waals surface area contributed by atoms with Gasteiger partial charge in [0.05, 0.1) is 30.8 Å². The van der Waals surface area contributed by atoms with Crippen LogP contribution in [0.1, 0.15) is 17.5 Å². The minimum atomic E-state index is -0.900. The number of hydrogen-bond donors (Lipinski definition) is 1. The Morgan fingerprint density at radius 2 is 1.74 bits per heavy atom. The number of methoxy groups -OCH3 is 1. The molecular weight excluding hydrogens is 574 g/mol. The molecule has 0 aliphatic carbocycles. The molecule has 7 nitrogen and oxygen atoms in total. The van der Waals surface area contributed by atoms with Crippen LogP contribution in [0.5, 0.6) is 11.5 Å². The number of morpholine rings is 1. The maximum absolute atomic E-state index is 13.1. The molecule has 200 valence electrons. The zero-order valence-corrected chi connectivity index (χ0v) is 23.3. The van der Waals surface area contributed by atoms with Crippen LogP contribution in [0.4, 0.5) is 5.69 Å².